The Kier molecular flexibility index (Phi) is 3.98. The molecule has 0 aliphatic heterocycles. The van der Waals surface area contributed by atoms with Crippen LogP contribution in [-0.2, 0) is 11.3 Å². The van der Waals surface area contributed by atoms with Gasteiger partial charge < -0.3 is 16.2 Å². The Balaban J connectivity index is 1.98. The van der Waals surface area contributed by atoms with E-state index >= 15 is 0 Å². The number of aromatic hydroxyl groups is 1. The number of carbonyl (C=O) groups excluding carboxylic acids is 1. The van der Waals surface area contributed by atoms with Crippen LogP contribution < -0.4 is 11.1 Å². The molecule has 1 aliphatic rings. The van der Waals surface area contributed by atoms with Crippen LogP contribution in [0.15, 0.2) is 18.2 Å². The van der Waals surface area contributed by atoms with Gasteiger partial charge in [-0.2, -0.15) is 0 Å². The number of nitrogens with one attached hydrogen (secondary N) is 1. The summed E-state index contributed by atoms with van der Waals surface area (Å²) < 4.78 is 0. The Morgan fingerprint density at radius 2 is 2.05 bits per heavy atom. The predicted octanol–water partition coefficient (Wildman–Crippen LogP) is 2.56. The average molecular weight is 262 g/mol. The first-order valence-corrected chi connectivity index (χ1v) is 6.87. The Labute approximate surface area is 114 Å². The minimum atomic E-state index is -0.256. The average Bonchev–Trinajstić information content (AvgIpc) is 2.40. The van der Waals surface area contributed by atoms with Gasteiger partial charge in [0.05, 0.1) is 0 Å². The molecule has 0 radical (unpaired) electrons. The molecule has 0 saturated heterocycles. The number of phenolic OH excluding ortho intramolecular Hbond substituents is 1. The number of hydrogen-bond acceptors (Lipinski definition) is 3. The first-order chi connectivity index (χ1) is 9.01. The Morgan fingerprint density at radius 1 is 1.37 bits per heavy atom. The summed E-state index contributed by atoms with van der Waals surface area (Å²) in [6.07, 6.45) is 5.35. The second-order valence-electron chi connectivity index (χ2n) is 5.69. The monoisotopic (exact) mass is 262 g/mol. The second kappa shape index (κ2) is 5.51. The van der Waals surface area contributed by atoms with Gasteiger partial charge in [-0.25, -0.2) is 0 Å². The van der Waals surface area contributed by atoms with Gasteiger partial charge in [0, 0.05) is 23.2 Å². The normalized spacial score (nSPS) is 17.9. The van der Waals surface area contributed by atoms with E-state index < -0.39 is 0 Å². The molecule has 19 heavy (non-hydrogen) atoms. The number of anilines is 1. The smallest absolute Gasteiger partial charge is 0.226 e. The molecule has 4 heteroatoms. The maximum absolute atomic E-state index is 12.3. The molecule has 1 amide bonds. The molecule has 4 N–H and O–H groups in total. The molecule has 1 aliphatic carbocycles. The third-order valence-corrected chi connectivity index (χ3v) is 4.05. The molecule has 1 aromatic rings. The van der Waals surface area contributed by atoms with E-state index in [-0.39, 0.29) is 17.1 Å². The zero-order valence-corrected chi connectivity index (χ0v) is 11.4. The van der Waals surface area contributed by atoms with E-state index in [1.807, 2.05) is 6.92 Å². The van der Waals surface area contributed by atoms with Crippen molar-refractivity contribution in [2.45, 2.75) is 45.6 Å². The molecular formula is C15H22N2O2. The van der Waals surface area contributed by atoms with Crippen LogP contribution in [0.1, 0.15) is 44.6 Å². The molecule has 1 fully saturated rings. The Hall–Kier alpha value is -1.71. The molecule has 4 nitrogen and oxygen atoms in total. The van der Waals surface area contributed by atoms with Crippen LogP contribution in [0.25, 0.3) is 0 Å². The number of carbonyl (C=O) groups is 1. The topological polar surface area (TPSA) is 75.4 Å². The van der Waals surface area contributed by atoms with E-state index in [9.17, 15) is 9.90 Å². The van der Waals surface area contributed by atoms with Gasteiger partial charge in [-0.15, -0.1) is 0 Å². The van der Waals surface area contributed by atoms with Crippen molar-refractivity contribution < 1.29 is 9.90 Å². The third-order valence-electron chi connectivity index (χ3n) is 4.05. The van der Waals surface area contributed by atoms with Gasteiger partial charge in [-0.1, -0.05) is 26.2 Å². The van der Waals surface area contributed by atoms with E-state index in [1.165, 1.54) is 6.42 Å². The molecular weight excluding hydrogens is 240 g/mol. The molecule has 1 aromatic carbocycles. The standard InChI is InChI=1S/C15H22N2O2/c1-15(7-3-2-4-8-15)14(19)17-10-11-9-12(16)5-6-13(11)18/h5-6,9,18H,2-4,7-8,10,16H2,1H3,(H,17,19). The minimum Gasteiger partial charge on any atom is -0.508 e. The first kappa shape index (κ1) is 13.7. The number of nitrogen functional groups attached to an aromatic ring is 1. The SMILES string of the molecule is CC1(C(=O)NCc2cc(N)ccc2O)CCCCC1. The summed E-state index contributed by atoms with van der Waals surface area (Å²) in [5, 5.41) is 12.6. The van der Waals surface area contributed by atoms with Crippen LogP contribution in [0.2, 0.25) is 0 Å². The number of nitrogens with two attached hydrogens (primary N) is 1. The predicted molar refractivity (Wildman–Crippen MR) is 75.6 cm³/mol. The lowest BCUT2D eigenvalue weighted by Gasteiger charge is -2.32. The lowest BCUT2D eigenvalue weighted by atomic mass is 9.75. The molecule has 2 rings (SSSR count). The highest BCUT2D eigenvalue weighted by molar-refractivity contribution is 5.82. The summed E-state index contributed by atoms with van der Waals surface area (Å²) in [5.74, 6) is 0.248. The van der Waals surface area contributed by atoms with Gasteiger partial charge in [-0.05, 0) is 31.0 Å². The highest BCUT2D eigenvalue weighted by Gasteiger charge is 2.34. The molecule has 0 bridgehead atoms. The van der Waals surface area contributed by atoms with Crippen molar-refractivity contribution in [1.82, 2.24) is 5.32 Å². The maximum atomic E-state index is 12.3. The largest absolute Gasteiger partial charge is 0.508 e. The highest BCUT2D eigenvalue weighted by atomic mass is 16.3. The number of rotatable bonds is 3. The van der Waals surface area contributed by atoms with E-state index in [0.29, 0.717) is 17.8 Å². The fraction of sp³-hybridized carbons (Fsp3) is 0.533. The molecule has 0 atom stereocenters. The van der Waals surface area contributed by atoms with Crippen LogP contribution in [0, 0.1) is 5.41 Å². The number of hydrogen-bond donors (Lipinski definition) is 3. The summed E-state index contributed by atoms with van der Waals surface area (Å²) in [7, 11) is 0. The number of amides is 1. The Morgan fingerprint density at radius 3 is 2.74 bits per heavy atom. The van der Waals surface area contributed by atoms with Crippen molar-refractivity contribution in [2.24, 2.45) is 5.41 Å². The van der Waals surface area contributed by atoms with Crippen molar-refractivity contribution in [1.29, 1.82) is 0 Å². The van der Waals surface area contributed by atoms with E-state index in [1.54, 1.807) is 18.2 Å². The van der Waals surface area contributed by atoms with Gasteiger partial charge >= 0.3 is 0 Å². The van der Waals surface area contributed by atoms with Gasteiger partial charge in [0.25, 0.3) is 0 Å². The highest BCUT2D eigenvalue weighted by Crippen LogP contribution is 2.36. The lowest BCUT2D eigenvalue weighted by molar-refractivity contribution is -0.132. The Bertz CT molecular complexity index is 465. The molecule has 104 valence electrons. The summed E-state index contributed by atoms with van der Waals surface area (Å²) in [5.41, 5.74) is 6.67. The third kappa shape index (κ3) is 3.19. The maximum Gasteiger partial charge on any atom is 0.226 e. The summed E-state index contributed by atoms with van der Waals surface area (Å²) in [4.78, 5) is 12.3. The van der Waals surface area contributed by atoms with E-state index in [0.717, 1.165) is 25.7 Å². The fourth-order valence-corrected chi connectivity index (χ4v) is 2.70. The van der Waals surface area contributed by atoms with Crippen LogP contribution >= 0.6 is 0 Å². The van der Waals surface area contributed by atoms with Crippen molar-refractivity contribution in [2.75, 3.05) is 5.73 Å². The number of benzene rings is 1. The van der Waals surface area contributed by atoms with Crippen molar-refractivity contribution in [3.05, 3.63) is 23.8 Å². The van der Waals surface area contributed by atoms with Gasteiger partial charge in [0.15, 0.2) is 0 Å². The van der Waals surface area contributed by atoms with Crippen molar-refractivity contribution in [3.8, 4) is 5.75 Å². The van der Waals surface area contributed by atoms with Gasteiger partial charge in [0.1, 0.15) is 5.75 Å². The van der Waals surface area contributed by atoms with Gasteiger partial charge in [-0.3, -0.25) is 4.79 Å². The molecule has 0 spiro atoms. The molecule has 0 unspecified atom stereocenters. The zero-order valence-electron chi connectivity index (χ0n) is 11.4. The first-order valence-electron chi connectivity index (χ1n) is 6.87. The van der Waals surface area contributed by atoms with Crippen LogP contribution in [0.3, 0.4) is 0 Å². The molecule has 1 saturated carbocycles. The van der Waals surface area contributed by atoms with E-state index in [4.69, 9.17) is 5.73 Å². The quantitative estimate of drug-likeness (QED) is 0.579. The zero-order chi connectivity index (χ0) is 13.9. The lowest BCUT2D eigenvalue weighted by Crippen LogP contribution is -2.39. The van der Waals surface area contributed by atoms with Crippen molar-refractivity contribution in [3.63, 3.8) is 0 Å². The fourth-order valence-electron chi connectivity index (χ4n) is 2.70. The van der Waals surface area contributed by atoms with Crippen LogP contribution in [-0.4, -0.2) is 11.0 Å². The summed E-state index contributed by atoms with van der Waals surface area (Å²) in [6.45, 7) is 2.35. The van der Waals surface area contributed by atoms with Gasteiger partial charge in [0.2, 0.25) is 5.91 Å². The second-order valence-corrected chi connectivity index (χ2v) is 5.69. The van der Waals surface area contributed by atoms with Crippen LogP contribution in [0.5, 0.6) is 5.75 Å². The molecule has 0 aromatic heterocycles. The number of phenols is 1. The van der Waals surface area contributed by atoms with Crippen molar-refractivity contribution >= 4 is 11.6 Å². The summed E-state index contributed by atoms with van der Waals surface area (Å²) >= 11 is 0. The minimum absolute atomic E-state index is 0.0778. The van der Waals surface area contributed by atoms with E-state index in [2.05, 4.69) is 5.32 Å². The summed E-state index contributed by atoms with van der Waals surface area (Å²) in [6, 6.07) is 4.89. The van der Waals surface area contributed by atoms with Crippen LogP contribution in [0.4, 0.5) is 5.69 Å². The molecule has 0 heterocycles.